The summed E-state index contributed by atoms with van der Waals surface area (Å²) in [5, 5.41) is 6.16. The van der Waals surface area contributed by atoms with E-state index in [9.17, 15) is 22.8 Å². The minimum Gasteiger partial charge on any atom is -0.406 e. The van der Waals surface area contributed by atoms with E-state index in [0.29, 0.717) is 37.9 Å². The molecule has 0 spiro atoms. The zero-order valence-corrected chi connectivity index (χ0v) is 20.8. The van der Waals surface area contributed by atoms with E-state index < -0.39 is 17.8 Å². The van der Waals surface area contributed by atoms with Gasteiger partial charge < -0.3 is 20.3 Å². The molecule has 10 heteroatoms. The maximum absolute atomic E-state index is 13.4. The fourth-order valence-electron chi connectivity index (χ4n) is 4.52. The normalized spacial score (nSPS) is 19.8. The van der Waals surface area contributed by atoms with Crippen molar-refractivity contribution in [3.63, 3.8) is 0 Å². The molecular weight excluding hydrogens is 527 g/mol. The van der Waals surface area contributed by atoms with Gasteiger partial charge in [-0.2, -0.15) is 0 Å². The van der Waals surface area contributed by atoms with Gasteiger partial charge in [0.15, 0.2) is 0 Å². The zero-order valence-electron chi connectivity index (χ0n) is 19.2. The molecule has 1 aliphatic carbocycles. The lowest BCUT2D eigenvalue weighted by molar-refractivity contribution is -0.274. The Balaban J connectivity index is 1.51. The van der Waals surface area contributed by atoms with Crippen LogP contribution in [0.1, 0.15) is 30.4 Å². The third kappa shape index (κ3) is 6.16. The molecule has 4 rings (SSSR count). The number of hydrogen-bond donors (Lipinski definition) is 2. The van der Waals surface area contributed by atoms with Crippen molar-refractivity contribution in [1.29, 1.82) is 0 Å². The number of benzene rings is 2. The Hall–Kier alpha value is -2.59. The number of rotatable bonds is 8. The number of likely N-dealkylation sites (N-methyl/N-ethyl adjacent to an activating group) is 1. The summed E-state index contributed by atoms with van der Waals surface area (Å²) in [4.78, 5) is 28.6. The molecule has 2 N–H and O–H groups in total. The number of hydrogen-bond acceptors (Lipinski definition) is 4. The monoisotopic (exact) mass is 553 g/mol. The second-order valence-electron chi connectivity index (χ2n) is 9.07. The summed E-state index contributed by atoms with van der Waals surface area (Å²) < 4.78 is 42.3. The molecule has 0 bridgehead atoms. The van der Waals surface area contributed by atoms with Crippen molar-refractivity contribution in [1.82, 2.24) is 15.5 Å². The van der Waals surface area contributed by atoms with Crippen LogP contribution >= 0.6 is 15.9 Å². The van der Waals surface area contributed by atoms with Crippen LogP contribution in [-0.4, -0.2) is 55.3 Å². The third-order valence-electron chi connectivity index (χ3n) is 6.69. The fourth-order valence-corrected chi connectivity index (χ4v) is 4.78. The molecule has 2 atom stereocenters. The van der Waals surface area contributed by atoms with Crippen LogP contribution < -0.4 is 15.4 Å². The van der Waals surface area contributed by atoms with Gasteiger partial charge in [0, 0.05) is 30.0 Å². The van der Waals surface area contributed by atoms with E-state index in [-0.39, 0.29) is 23.6 Å². The number of halogens is 4. The molecule has 0 aromatic heterocycles. The number of nitrogens with one attached hydrogen (secondary N) is 2. The van der Waals surface area contributed by atoms with E-state index in [2.05, 4.69) is 31.3 Å². The highest BCUT2D eigenvalue weighted by Crippen LogP contribution is 2.49. The number of amides is 2. The molecule has 2 fully saturated rings. The van der Waals surface area contributed by atoms with Gasteiger partial charge in [-0.25, -0.2) is 0 Å². The molecule has 2 unspecified atom stereocenters. The second kappa shape index (κ2) is 10.2. The SMILES string of the molecule is CNC1CCN(C(=O)C(Cc2ccc(Br)cc2)NC(=O)C2(c3ccc(OC(F)(F)F)cc3)CC2)C1. The van der Waals surface area contributed by atoms with Gasteiger partial charge in [-0.1, -0.05) is 40.2 Å². The van der Waals surface area contributed by atoms with Gasteiger partial charge in [0.05, 0.1) is 5.41 Å². The van der Waals surface area contributed by atoms with Gasteiger partial charge in [0.25, 0.3) is 0 Å². The van der Waals surface area contributed by atoms with Gasteiger partial charge in [-0.15, -0.1) is 13.2 Å². The topological polar surface area (TPSA) is 70.7 Å². The second-order valence-corrected chi connectivity index (χ2v) is 9.99. The number of ether oxygens (including phenoxy) is 1. The number of alkyl halides is 3. The lowest BCUT2D eigenvalue weighted by Gasteiger charge is -2.27. The molecule has 1 saturated carbocycles. The number of nitrogens with zero attached hydrogens (tertiary/aromatic N) is 1. The molecule has 1 heterocycles. The number of likely N-dealkylation sites (tertiary alicyclic amines) is 1. The standard InChI is InChI=1S/C25H27BrF3N3O3/c1-30-19-10-13-32(15-19)22(33)21(14-16-2-6-18(26)7-3-16)31-23(34)24(11-12-24)17-4-8-20(9-5-17)35-25(27,28)29/h2-9,19,21,30H,10-15H2,1H3,(H,31,34). The van der Waals surface area contributed by atoms with Crippen LogP contribution in [-0.2, 0) is 21.4 Å². The molecule has 35 heavy (non-hydrogen) atoms. The molecule has 1 aliphatic heterocycles. The van der Waals surface area contributed by atoms with Crippen molar-refractivity contribution in [2.24, 2.45) is 0 Å². The molecular formula is C25H27BrF3N3O3. The molecule has 0 radical (unpaired) electrons. The van der Waals surface area contributed by atoms with Crippen molar-refractivity contribution < 1.29 is 27.5 Å². The van der Waals surface area contributed by atoms with E-state index in [0.717, 1.165) is 16.5 Å². The Morgan fingerprint density at radius 2 is 1.80 bits per heavy atom. The highest BCUT2D eigenvalue weighted by atomic mass is 79.9. The highest BCUT2D eigenvalue weighted by Gasteiger charge is 2.52. The summed E-state index contributed by atoms with van der Waals surface area (Å²) in [6, 6.07) is 12.4. The van der Waals surface area contributed by atoms with E-state index in [4.69, 9.17) is 0 Å². The molecule has 188 valence electrons. The average molecular weight is 554 g/mol. The quantitative estimate of drug-likeness (QED) is 0.519. The molecule has 2 aliphatic rings. The summed E-state index contributed by atoms with van der Waals surface area (Å²) in [6.45, 7) is 1.19. The van der Waals surface area contributed by atoms with Gasteiger partial charge in [0.2, 0.25) is 11.8 Å². The first-order valence-corrected chi connectivity index (χ1v) is 12.3. The van der Waals surface area contributed by atoms with Crippen LogP contribution in [0.25, 0.3) is 0 Å². The smallest absolute Gasteiger partial charge is 0.406 e. The Labute approximate surface area is 210 Å². The van der Waals surface area contributed by atoms with Crippen molar-refractivity contribution in [2.75, 3.05) is 20.1 Å². The minimum absolute atomic E-state index is 0.135. The first-order valence-electron chi connectivity index (χ1n) is 11.5. The van der Waals surface area contributed by atoms with Crippen LogP contribution in [0.3, 0.4) is 0 Å². The van der Waals surface area contributed by atoms with Gasteiger partial charge in [0.1, 0.15) is 11.8 Å². The van der Waals surface area contributed by atoms with Gasteiger partial charge in [-0.05, 0) is 61.7 Å². The Morgan fingerprint density at radius 3 is 2.34 bits per heavy atom. The maximum atomic E-state index is 13.4. The zero-order chi connectivity index (χ0) is 25.2. The first kappa shape index (κ1) is 25.5. The van der Waals surface area contributed by atoms with Gasteiger partial charge >= 0.3 is 6.36 Å². The lowest BCUT2D eigenvalue weighted by atomic mass is 9.94. The molecule has 6 nitrogen and oxygen atoms in total. The fraction of sp³-hybridized carbons (Fsp3) is 0.440. The van der Waals surface area contributed by atoms with E-state index >= 15 is 0 Å². The molecule has 2 amide bonds. The molecule has 2 aromatic carbocycles. The van der Waals surface area contributed by atoms with E-state index in [1.165, 1.54) is 24.3 Å². The first-order chi connectivity index (χ1) is 16.6. The van der Waals surface area contributed by atoms with Crippen molar-refractivity contribution in [3.8, 4) is 5.75 Å². The predicted molar refractivity (Wildman–Crippen MR) is 128 cm³/mol. The Morgan fingerprint density at radius 1 is 1.14 bits per heavy atom. The largest absolute Gasteiger partial charge is 0.573 e. The summed E-state index contributed by atoms with van der Waals surface area (Å²) in [6.07, 6.45) is -2.48. The van der Waals surface area contributed by atoms with E-state index in [1.54, 1.807) is 4.90 Å². The Kier molecular flexibility index (Phi) is 7.42. The van der Waals surface area contributed by atoms with Crippen LogP contribution in [0.5, 0.6) is 5.75 Å². The van der Waals surface area contributed by atoms with Crippen LogP contribution in [0, 0.1) is 0 Å². The van der Waals surface area contributed by atoms with E-state index in [1.807, 2.05) is 31.3 Å². The highest BCUT2D eigenvalue weighted by molar-refractivity contribution is 9.10. The molecule has 1 saturated heterocycles. The van der Waals surface area contributed by atoms with Crippen LogP contribution in [0.4, 0.5) is 13.2 Å². The van der Waals surface area contributed by atoms with Crippen molar-refractivity contribution in [3.05, 3.63) is 64.1 Å². The predicted octanol–water partition coefficient (Wildman–Crippen LogP) is 3.93. The number of carbonyl (C=O) groups is 2. The summed E-state index contributed by atoms with van der Waals surface area (Å²) in [5.74, 6) is -0.764. The minimum atomic E-state index is -4.78. The van der Waals surface area contributed by atoms with Gasteiger partial charge in [-0.3, -0.25) is 9.59 Å². The Bertz CT molecular complexity index is 1060. The summed E-state index contributed by atoms with van der Waals surface area (Å²) in [5.41, 5.74) is 0.665. The van der Waals surface area contributed by atoms with Crippen LogP contribution in [0.2, 0.25) is 0 Å². The average Bonchev–Trinajstić information content (AvgIpc) is 3.49. The lowest BCUT2D eigenvalue weighted by Crippen LogP contribution is -2.52. The maximum Gasteiger partial charge on any atom is 0.573 e. The molecule has 2 aromatic rings. The third-order valence-corrected chi connectivity index (χ3v) is 7.22. The summed E-state index contributed by atoms with van der Waals surface area (Å²) >= 11 is 3.41. The summed E-state index contributed by atoms with van der Waals surface area (Å²) in [7, 11) is 1.86. The number of carbonyl (C=O) groups excluding carboxylic acids is 2. The van der Waals surface area contributed by atoms with Crippen LogP contribution in [0.15, 0.2) is 53.0 Å². The van der Waals surface area contributed by atoms with Crippen molar-refractivity contribution in [2.45, 2.75) is 49.5 Å². The van der Waals surface area contributed by atoms with Crippen molar-refractivity contribution >= 4 is 27.7 Å².